The summed E-state index contributed by atoms with van der Waals surface area (Å²) in [5, 5.41) is 2.95. The van der Waals surface area contributed by atoms with Crippen LogP contribution in [-0.4, -0.2) is 26.2 Å². The number of carbonyl (C=O) groups excluding carboxylic acids is 1. The Morgan fingerprint density at radius 2 is 2.00 bits per heavy atom. The maximum Gasteiger partial charge on any atom is 0.328 e. The molecule has 0 aromatic heterocycles. The number of halogens is 1. The topological polar surface area (TPSA) is 47.6 Å². The largest absolute Gasteiger partial charge is 0.494 e. The second kappa shape index (κ2) is 6.23. The van der Waals surface area contributed by atoms with Crippen molar-refractivity contribution in [3.05, 3.63) is 24.0 Å². The van der Waals surface area contributed by atoms with E-state index in [2.05, 4.69) is 5.32 Å². The van der Waals surface area contributed by atoms with Crippen LogP contribution in [0.1, 0.15) is 13.8 Å². The zero-order valence-corrected chi connectivity index (χ0v) is 11.0. The molecule has 4 nitrogen and oxygen atoms in total. The molecule has 0 bridgehead atoms. The Morgan fingerprint density at radius 1 is 1.33 bits per heavy atom. The molecule has 5 heteroatoms. The van der Waals surface area contributed by atoms with Gasteiger partial charge < -0.3 is 14.8 Å². The summed E-state index contributed by atoms with van der Waals surface area (Å²) in [6.07, 6.45) is 0. The fourth-order valence-electron chi connectivity index (χ4n) is 1.56. The van der Waals surface area contributed by atoms with Crippen molar-refractivity contribution in [3.63, 3.8) is 0 Å². The smallest absolute Gasteiger partial charge is 0.328 e. The fourth-order valence-corrected chi connectivity index (χ4v) is 1.56. The summed E-state index contributed by atoms with van der Waals surface area (Å²) in [6.45, 7) is 3.77. The minimum atomic E-state index is -0.511. The number of hydrogen-bond donors (Lipinski definition) is 1. The van der Waals surface area contributed by atoms with E-state index in [0.29, 0.717) is 5.69 Å². The van der Waals surface area contributed by atoms with Gasteiger partial charge in [-0.1, -0.05) is 13.8 Å². The standard InChI is InChI=1S/C13H18FNO3/c1-8(2)12(13(16)18-4)15-9-5-6-11(17-3)10(14)7-9/h5-8,12,15H,1-4H3. The Hall–Kier alpha value is -1.78. The van der Waals surface area contributed by atoms with Gasteiger partial charge in [0.15, 0.2) is 11.6 Å². The number of esters is 1. The summed E-state index contributed by atoms with van der Waals surface area (Å²) in [5.41, 5.74) is 0.511. The van der Waals surface area contributed by atoms with Gasteiger partial charge >= 0.3 is 5.97 Å². The molecule has 0 aliphatic rings. The highest BCUT2D eigenvalue weighted by molar-refractivity contribution is 5.79. The zero-order valence-electron chi connectivity index (χ0n) is 11.0. The van der Waals surface area contributed by atoms with Crippen LogP contribution in [0, 0.1) is 11.7 Å². The minimum absolute atomic E-state index is 0.0302. The van der Waals surface area contributed by atoms with Crippen molar-refractivity contribution >= 4 is 11.7 Å². The molecule has 0 fully saturated rings. The van der Waals surface area contributed by atoms with Gasteiger partial charge in [-0.2, -0.15) is 0 Å². The number of rotatable bonds is 5. The van der Waals surface area contributed by atoms with Crippen molar-refractivity contribution in [3.8, 4) is 5.75 Å². The summed E-state index contributed by atoms with van der Waals surface area (Å²) >= 11 is 0. The molecule has 0 amide bonds. The van der Waals surface area contributed by atoms with Gasteiger partial charge in [-0.15, -0.1) is 0 Å². The molecule has 0 aliphatic heterocycles. The molecule has 0 spiro atoms. The lowest BCUT2D eigenvalue weighted by Gasteiger charge is -2.21. The molecule has 18 heavy (non-hydrogen) atoms. The Bertz CT molecular complexity index is 421. The van der Waals surface area contributed by atoms with Crippen molar-refractivity contribution in [1.29, 1.82) is 0 Å². The highest BCUT2D eigenvalue weighted by atomic mass is 19.1. The number of carbonyl (C=O) groups is 1. The maximum absolute atomic E-state index is 13.5. The van der Waals surface area contributed by atoms with Crippen LogP contribution in [0.15, 0.2) is 18.2 Å². The van der Waals surface area contributed by atoms with Gasteiger partial charge in [-0.05, 0) is 18.1 Å². The first kappa shape index (κ1) is 14.3. The molecule has 1 aromatic carbocycles. The van der Waals surface area contributed by atoms with Gasteiger partial charge in [0.1, 0.15) is 6.04 Å². The molecule has 0 radical (unpaired) electrons. The summed E-state index contributed by atoms with van der Waals surface area (Å²) < 4.78 is 23.0. The average Bonchev–Trinajstić information content (AvgIpc) is 2.35. The van der Waals surface area contributed by atoms with E-state index in [-0.39, 0.29) is 17.6 Å². The summed E-state index contributed by atoms with van der Waals surface area (Å²) in [4.78, 5) is 11.6. The Labute approximate surface area is 106 Å². The lowest BCUT2D eigenvalue weighted by atomic mass is 10.0. The molecule has 1 atom stereocenters. The number of hydrogen-bond acceptors (Lipinski definition) is 4. The third-order valence-electron chi connectivity index (χ3n) is 2.60. The van der Waals surface area contributed by atoms with Gasteiger partial charge in [-0.3, -0.25) is 0 Å². The van der Waals surface area contributed by atoms with Gasteiger partial charge in [0.25, 0.3) is 0 Å². The van der Waals surface area contributed by atoms with E-state index in [4.69, 9.17) is 9.47 Å². The van der Waals surface area contributed by atoms with Crippen LogP contribution < -0.4 is 10.1 Å². The quantitative estimate of drug-likeness (QED) is 0.821. The van der Waals surface area contributed by atoms with Gasteiger partial charge in [0, 0.05) is 11.8 Å². The number of benzene rings is 1. The van der Waals surface area contributed by atoms with Gasteiger partial charge in [0.05, 0.1) is 14.2 Å². The van der Waals surface area contributed by atoms with Gasteiger partial charge in [-0.25, -0.2) is 9.18 Å². The molecule has 0 saturated carbocycles. The summed E-state index contributed by atoms with van der Waals surface area (Å²) in [7, 11) is 2.73. The molecule has 0 aliphatic carbocycles. The number of nitrogens with one attached hydrogen (secondary N) is 1. The van der Waals surface area contributed by atoms with Crippen molar-refractivity contribution in [1.82, 2.24) is 0 Å². The van der Waals surface area contributed by atoms with E-state index in [1.165, 1.54) is 26.4 Å². The lowest BCUT2D eigenvalue weighted by Crippen LogP contribution is -2.35. The first-order chi connectivity index (χ1) is 8.49. The Morgan fingerprint density at radius 3 is 2.44 bits per heavy atom. The molecular formula is C13H18FNO3. The van der Waals surface area contributed by atoms with Crippen molar-refractivity contribution < 1.29 is 18.7 Å². The van der Waals surface area contributed by atoms with Crippen LogP contribution in [0.4, 0.5) is 10.1 Å². The molecule has 1 rings (SSSR count). The summed E-state index contributed by atoms with van der Waals surface area (Å²) in [6, 6.07) is 3.94. The van der Waals surface area contributed by atoms with E-state index < -0.39 is 11.9 Å². The molecule has 0 heterocycles. The molecule has 1 unspecified atom stereocenters. The molecular weight excluding hydrogens is 237 g/mol. The number of ether oxygens (including phenoxy) is 2. The number of anilines is 1. The van der Waals surface area contributed by atoms with Crippen LogP contribution in [-0.2, 0) is 9.53 Å². The third kappa shape index (κ3) is 3.35. The highest BCUT2D eigenvalue weighted by Gasteiger charge is 2.22. The minimum Gasteiger partial charge on any atom is -0.494 e. The van der Waals surface area contributed by atoms with Crippen LogP contribution >= 0.6 is 0 Å². The third-order valence-corrected chi connectivity index (χ3v) is 2.60. The van der Waals surface area contributed by atoms with Crippen molar-refractivity contribution in [2.45, 2.75) is 19.9 Å². The van der Waals surface area contributed by atoms with Crippen molar-refractivity contribution in [2.75, 3.05) is 19.5 Å². The summed E-state index contributed by atoms with van der Waals surface area (Å²) in [5.74, 6) is -0.654. The van der Waals surface area contributed by atoms with Crippen LogP contribution in [0.5, 0.6) is 5.75 Å². The molecule has 100 valence electrons. The normalized spacial score (nSPS) is 12.1. The lowest BCUT2D eigenvalue weighted by molar-refractivity contribution is -0.142. The first-order valence-electron chi connectivity index (χ1n) is 5.67. The predicted molar refractivity (Wildman–Crippen MR) is 67.2 cm³/mol. The SMILES string of the molecule is COC(=O)C(Nc1ccc(OC)c(F)c1)C(C)C. The monoisotopic (exact) mass is 255 g/mol. The molecule has 1 aromatic rings. The first-order valence-corrected chi connectivity index (χ1v) is 5.67. The second-order valence-corrected chi connectivity index (χ2v) is 4.24. The Balaban J connectivity index is 2.87. The highest BCUT2D eigenvalue weighted by Crippen LogP contribution is 2.22. The van der Waals surface area contributed by atoms with Gasteiger partial charge in [0.2, 0.25) is 0 Å². The maximum atomic E-state index is 13.5. The van der Waals surface area contributed by atoms with E-state index in [9.17, 15) is 9.18 Å². The van der Waals surface area contributed by atoms with E-state index in [1.807, 2.05) is 13.8 Å². The van der Waals surface area contributed by atoms with E-state index in [1.54, 1.807) is 6.07 Å². The zero-order chi connectivity index (χ0) is 13.7. The van der Waals surface area contributed by atoms with Crippen molar-refractivity contribution in [2.24, 2.45) is 5.92 Å². The molecule has 0 saturated heterocycles. The molecule has 1 N–H and O–H groups in total. The number of methoxy groups -OCH3 is 2. The second-order valence-electron chi connectivity index (χ2n) is 4.24. The van der Waals surface area contributed by atoms with E-state index >= 15 is 0 Å². The average molecular weight is 255 g/mol. The van der Waals surface area contributed by atoms with Crippen LogP contribution in [0.2, 0.25) is 0 Å². The predicted octanol–water partition coefficient (Wildman–Crippen LogP) is 2.44. The Kier molecular flexibility index (Phi) is 4.95. The fraction of sp³-hybridized carbons (Fsp3) is 0.462. The van der Waals surface area contributed by atoms with Crippen LogP contribution in [0.3, 0.4) is 0 Å². The van der Waals surface area contributed by atoms with E-state index in [0.717, 1.165) is 0 Å². The van der Waals surface area contributed by atoms with Crippen LogP contribution in [0.25, 0.3) is 0 Å².